The first-order valence-corrected chi connectivity index (χ1v) is 7.77. The van der Waals surface area contributed by atoms with Crippen molar-refractivity contribution in [2.24, 2.45) is 0 Å². The second kappa shape index (κ2) is 7.64. The van der Waals surface area contributed by atoms with Crippen LogP contribution in [0.5, 0.6) is 5.75 Å². The molecule has 2 rings (SSSR count). The molecule has 1 heterocycles. The van der Waals surface area contributed by atoms with Crippen molar-refractivity contribution in [2.75, 3.05) is 6.54 Å². The summed E-state index contributed by atoms with van der Waals surface area (Å²) in [6.07, 6.45) is 5.44. The Morgan fingerprint density at radius 3 is 2.68 bits per heavy atom. The van der Waals surface area contributed by atoms with Crippen LogP contribution in [0.3, 0.4) is 0 Å². The SMILES string of the molecule is CCCCCCCNC(=O)c1c(O)c2ccccc2[nH]c1=O. The van der Waals surface area contributed by atoms with Gasteiger partial charge in [0.15, 0.2) is 0 Å². The van der Waals surface area contributed by atoms with E-state index < -0.39 is 11.5 Å². The first kappa shape index (κ1) is 16.1. The second-order valence-corrected chi connectivity index (χ2v) is 5.39. The normalized spacial score (nSPS) is 10.8. The number of aromatic nitrogens is 1. The van der Waals surface area contributed by atoms with Crippen LogP contribution >= 0.6 is 0 Å². The summed E-state index contributed by atoms with van der Waals surface area (Å²) in [6, 6.07) is 6.86. The van der Waals surface area contributed by atoms with E-state index in [-0.39, 0.29) is 11.3 Å². The smallest absolute Gasteiger partial charge is 0.265 e. The Hall–Kier alpha value is -2.30. The minimum absolute atomic E-state index is 0.216. The van der Waals surface area contributed by atoms with Gasteiger partial charge in [0.05, 0.1) is 5.52 Å². The highest BCUT2D eigenvalue weighted by molar-refractivity contribution is 6.01. The topological polar surface area (TPSA) is 82.2 Å². The Morgan fingerprint density at radius 1 is 1.18 bits per heavy atom. The van der Waals surface area contributed by atoms with Crippen molar-refractivity contribution in [1.82, 2.24) is 10.3 Å². The van der Waals surface area contributed by atoms with Gasteiger partial charge < -0.3 is 15.4 Å². The van der Waals surface area contributed by atoms with E-state index in [1.165, 1.54) is 12.8 Å². The lowest BCUT2D eigenvalue weighted by molar-refractivity contribution is 0.0949. The number of hydrogen-bond acceptors (Lipinski definition) is 3. The lowest BCUT2D eigenvalue weighted by Crippen LogP contribution is -2.30. The number of benzene rings is 1. The fraction of sp³-hybridized carbons (Fsp3) is 0.412. The summed E-state index contributed by atoms with van der Waals surface area (Å²) in [7, 11) is 0. The molecule has 0 saturated carbocycles. The van der Waals surface area contributed by atoms with Crippen LogP contribution in [0, 0.1) is 0 Å². The molecule has 118 valence electrons. The largest absolute Gasteiger partial charge is 0.506 e. The maximum atomic E-state index is 12.1. The van der Waals surface area contributed by atoms with Gasteiger partial charge in [0.2, 0.25) is 0 Å². The van der Waals surface area contributed by atoms with Crippen molar-refractivity contribution in [1.29, 1.82) is 0 Å². The first-order valence-electron chi connectivity index (χ1n) is 7.77. The van der Waals surface area contributed by atoms with E-state index in [4.69, 9.17) is 0 Å². The molecule has 0 aliphatic carbocycles. The molecular formula is C17H22N2O3. The van der Waals surface area contributed by atoms with Crippen LogP contribution < -0.4 is 10.9 Å². The van der Waals surface area contributed by atoms with Gasteiger partial charge in [-0.05, 0) is 18.6 Å². The number of carbonyl (C=O) groups excluding carboxylic acids is 1. The Morgan fingerprint density at radius 2 is 1.91 bits per heavy atom. The maximum absolute atomic E-state index is 12.1. The maximum Gasteiger partial charge on any atom is 0.265 e. The van der Waals surface area contributed by atoms with E-state index in [1.807, 2.05) is 0 Å². The van der Waals surface area contributed by atoms with Gasteiger partial charge in [0, 0.05) is 11.9 Å². The molecule has 0 unspecified atom stereocenters. The lowest BCUT2D eigenvalue weighted by Gasteiger charge is -2.08. The van der Waals surface area contributed by atoms with Crippen LogP contribution in [0.1, 0.15) is 49.4 Å². The van der Waals surface area contributed by atoms with Crippen molar-refractivity contribution in [3.63, 3.8) is 0 Å². The molecule has 1 aromatic carbocycles. The average molecular weight is 302 g/mol. The number of rotatable bonds is 7. The molecule has 2 aromatic rings. The summed E-state index contributed by atoms with van der Waals surface area (Å²) < 4.78 is 0. The monoisotopic (exact) mass is 302 g/mol. The van der Waals surface area contributed by atoms with E-state index in [2.05, 4.69) is 17.2 Å². The Bertz CT molecular complexity index is 707. The van der Waals surface area contributed by atoms with Crippen LogP contribution in [0.4, 0.5) is 0 Å². The number of carbonyl (C=O) groups is 1. The molecule has 5 nitrogen and oxygen atoms in total. The molecule has 0 radical (unpaired) electrons. The van der Waals surface area contributed by atoms with Gasteiger partial charge in [-0.2, -0.15) is 0 Å². The molecule has 0 atom stereocenters. The Labute approximate surface area is 129 Å². The van der Waals surface area contributed by atoms with Crippen LogP contribution in [0.25, 0.3) is 10.9 Å². The number of pyridine rings is 1. The van der Waals surface area contributed by atoms with Crippen molar-refractivity contribution in [3.8, 4) is 5.75 Å². The van der Waals surface area contributed by atoms with Crippen molar-refractivity contribution in [2.45, 2.75) is 39.0 Å². The molecular weight excluding hydrogens is 280 g/mol. The highest BCUT2D eigenvalue weighted by Crippen LogP contribution is 2.24. The van der Waals surface area contributed by atoms with Gasteiger partial charge >= 0.3 is 0 Å². The van der Waals surface area contributed by atoms with E-state index in [9.17, 15) is 14.7 Å². The number of nitrogens with one attached hydrogen (secondary N) is 2. The zero-order valence-corrected chi connectivity index (χ0v) is 12.8. The number of para-hydroxylation sites is 1. The third kappa shape index (κ3) is 3.67. The van der Waals surface area contributed by atoms with Gasteiger partial charge in [-0.1, -0.05) is 44.7 Å². The second-order valence-electron chi connectivity index (χ2n) is 5.39. The number of amides is 1. The molecule has 1 amide bonds. The highest BCUT2D eigenvalue weighted by Gasteiger charge is 2.18. The third-order valence-electron chi connectivity index (χ3n) is 3.69. The zero-order valence-electron chi connectivity index (χ0n) is 12.8. The number of unbranched alkanes of at least 4 members (excludes halogenated alkanes) is 4. The summed E-state index contributed by atoms with van der Waals surface area (Å²) in [5.41, 5.74) is -0.270. The summed E-state index contributed by atoms with van der Waals surface area (Å²) in [6.45, 7) is 2.66. The van der Waals surface area contributed by atoms with Crippen LogP contribution in [0.15, 0.2) is 29.1 Å². The van der Waals surface area contributed by atoms with Crippen LogP contribution in [-0.2, 0) is 0 Å². The van der Waals surface area contributed by atoms with Crippen molar-refractivity contribution >= 4 is 16.8 Å². The Kier molecular flexibility index (Phi) is 5.58. The predicted octanol–water partition coefficient (Wildman–Crippen LogP) is 2.93. The third-order valence-corrected chi connectivity index (χ3v) is 3.69. The molecule has 3 N–H and O–H groups in total. The number of hydrogen-bond donors (Lipinski definition) is 3. The minimum atomic E-state index is -0.570. The Balaban J connectivity index is 2.07. The first-order chi connectivity index (χ1) is 10.6. The molecule has 0 aliphatic heterocycles. The van der Waals surface area contributed by atoms with Crippen molar-refractivity contribution in [3.05, 3.63) is 40.2 Å². The molecule has 22 heavy (non-hydrogen) atoms. The van der Waals surface area contributed by atoms with Gasteiger partial charge in [0.25, 0.3) is 11.5 Å². The van der Waals surface area contributed by atoms with Crippen LogP contribution in [0.2, 0.25) is 0 Å². The summed E-state index contributed by atoms with van der Waals surface area (Å²) >= 11 is 0. The standard InChI is InChI=1S/C17H22N2O3/c1-2-3-4-5-8-11-18-16(21)14-15(20)12-9-6-7-10-13(12)19-17(14)22/h6-7,9-10H,2-5,8,11H2,1H3,(H,18,21)(H2,19,20,22). The van der Waals surface area contributed by atoms with E-state index in [0.717, 1.165) is 19.3 Å². The summed E-state index contributed by atoms with van der Waals surface area (Å²) in [5.74, 6) is -0.789. The molecule has 0 aliphatic rings. The predicted molar refractivity (Wildman–Crippen MR) is 87.3 cm³/mol. The summed E-state index contributed by atoms with van der Waals surface area (Å²) in [4.78, 5) is 26.7. The number of aromatic hydroxyl groups is 1. The minimum Gasteiger partial charge on any atom is -0.506 e. The van der Waals surface area contributed by atoms with Gasteiger partial charge in [-0.3, -0.25) is 9.59 Å². The zero-order chi connectivity index (χ0) is 15.9. The quantitative estimate of drug-likeness (QED) is 0.688. The molecule has 5 heteroatoms. The lowest BCUT2D eigenvalue weighted by atomic mass is 10.1. The number of fused-ring (bicyclic) bond motifs is 1. The molecule has 1 aromatic heterocycles. The number of aromatic amines is 1. The fourth-order valence-electron chi connectivity index (χ4n) is 2.46. The van der Waals surface area contributed by atoms with E-state index in [1.54, 1.807) is 24.3 Å². The van der Waals surface area contributed by atoms with E-state index >= 15 is 0 Å². The van der Waals surface area contributed by atoms with Gasteiger partial charge in [-0.15, -0.1) is 0 Å². The van der Waals surface area contributed by atoms with Gasteiger partial charge in [0.1, 0.15) is 11.3 Å². The summed E-state index contributed by atoms with van der Waals surface area (Å²) in [5, 5.41) is 13.4. The molecule has 0 fully saturated rings. The molecule has 0 spiro atoms. The van der Waals surface area contributed by atoms with Gasteiger partial charge in [-0.25, -0.2) is 0 Å². The van der Waals surface area contributed by atoms with Crippen LogP contribution in [-0.4, -0.2) is 22.5 Å². The van der Waals surface area contributed by atoms with E-state index in [0.29, 0.717) is 17.4 Å². The fourth-order valence-corrected chi connectivity index (χ4v) is 2.46. The average Bonchev–Trinajstić information content (AvgIpc) is 2.51. The molecule has 0 saturated heterocycles. The molecule has 0 bridgehead atoms. The number of H-pyrrole nitrogens is 1. The highest BCUT2D eigenvalue weighted by atomic mass is 16.3. The van der Waals surface area contributed by atoms with Crippen molar-refractivity contribution < 1.29 is 9.90 Å².